The third kappa shape index (κ3) is 4.58. The fraction of sp³-hybridized carbons (Fsp3) is 0.278. The first kappa shape index (κ1) is 18.0. The second kappa shape index (κ2) is 7.97. The molecule has 0 aliphatic heterocycles. The molecule has 0 spiro atoms. The van der Waals surface area contributed by atoms with E-state index >= 15 is 0 Å². The zero-order chi connectivity index (χ0) is 17.0. The van der Waals surface area contributed by atoms with E-state index in [4.69, 9.17) is 10.5 Å². The SMILES string of the molecule is CCCC(Oc1ccc(C)cc1N)C(=O)c1ccc(Br)cc1Br. The molecule has 0 saturated heterocycles. The van der Waals surface area contributed by atoms with E-state index in [-0.39, 0.29) is 5.78 Å². The number of hydrogen-bond donors (Lipinski definition) is 1. The van der Waals surface area contributed by atoms with Gasteiger partial charge in [-0.3, -0.25) is 4.79 Å². The highest BCUT2D eigenvalue weighted by atomic mass is 79.9. The van der Waals surface area contributed by atoms with Gasteiger partial charge in [-0.1, -0.05) is 51.3 Å². The molecule has 0 radical (unpaired) electrons. The van der Waals surface area contributed by atoms with Crippen molar-refractivity contribution in [1.29, 1.82) is 0 Å². The fourth-order valence-corrected chi connectivity index (χ4v) is 3.54. The molecule has 2 rings (SSSR count). The lowest BCUT2D eigenvalue weighted by atomic mass is 10.0. The normalized spacial score (nSPS) is 12.0. The van der Waals surface area contributed by atoms with Gasteiger partial charge in [-0.25, -0.2) is 0 Å². The first-order valence-electron chi connectivity index (χ1n) is 7.44. The van der Waals surface area contributed by atoms with Gasteiger partial charge < -0.3 is 10.5 Å². The number of nitrogen functional groups attached to an aromatic ring is 1. The van der Waals surface area contributed by atoms with E-state index in [1.807, 2.05) is 44.2 Å². The van der Waals surface area contributed by atoms with Crippen LogP contribution in [0.15, 0.2) is 45.3 Å². The lowest BCUT2D eigenvalue weighted by Crippen LogP contribution is -2.28. The summed E-state index contributed by atoms with van der Waals surface area (Å²) in [6.45, 7) is 3.99. The molecule has 0 aromatic heterocycles. The minimum Gasteiger partial charge on any atom is -0.480 e. The third-order valence-electron chi connectivity index (χ3n) is 3.47. The Balaban J connectivity index is 2.28. The highest BCUT2D eigenvalue weighted by Gasteiger charge is 2.24. The van der Waals surface area contributed by atoms with Crippen molar-refractivity contribution in [3.63, 3.8) is 0 Å². The van der Waals surface area contributed by atoms with E-state index in [1.54, 1.807) is 6.07 Å². The van der Waals surface area contributed by atoms with Gasteiger partial charge in [0.15, 0.2) is 6.10 Å². The zero-order valence-electron chi connectivity index (χ0n) is 13.1. The second-order valence-electron chi connectivity index (χ2n) is 5.42. The molecule has 0 aliphatic carbocycles. The predicted molar refractivity (Wildman–Crippen MR) is 101 cm³/mol. The Kier molecular flexibility index (Phi) is 6.25. The fourth-order valence-electron chi connectivity index (χ4n) is 2.30. The van der Waals surface area contributed by atoms with Crippen LogP contribution in [0.1, 0.15) is 35.7 Å². The van der Waals surface area contributed by atoms with Crippen LogP contribution in [0, 0.1) is 6.92 Å². The van der Waals surface area contributed by atoms with E-state index in [2.05, 4.69) is 31.9 Å². The van der Waals surface area contributed by atoms with Crippen LogP contribution in [0.4, 0.5) is 5.69 Å². The molecule has 0 heterocycles. The minimum absolute atomic E-state index is 0.0498. The highest BCUT2D eigenvalue weighted by molar-refractivity contribution is 9.11. The summed E-state index contributed by atoms with van der Waals surface area (Å²) in [6, 6.07) is 11.1. The molecule has 1 unspecified atom stereocenters. The molecule has 5 heteroatoms. The number of halogens is 2. The molecule has 0 amide bonds. The highest BCUT2D eigenvalue weighted by Crippen LogP contribution is 2.28. The van der Waals surface area contributed by atoms with Crippen molar-refractivity contribution in [3.05, 3.63) is 56.5 Å². The Hall–Kier alpha value is -1.33. The van der Waals surface area contributed by atoms with Gasteiger partial charge in [0.2, 0.25) is 5.78 Å². The molecule has 122 valence electrons. The van der Waals surface area contributed by atoms with Gasteiger partial charge in [-0.05, 0) is 49.2 Å². The third-order valence-corrected chi connectivity index (χ3v) is 4.62. The monoisotopic (exact) mass is 439 g/mol. The van der Waals surface area contributed by atoms with E-state index < -0.39 is 6.10 Å². The van der Waals surface area contributed by atoms with Crippen molar-refractivity contribution in [2.75, 3.05) is 5.73 Å². The second-order valence-corrected chi connectivity index (χ2v) is 7.19. The van der Waals surface area contributed by atoms with Crippen LogP contribution in [0.25, 0.3) is 0 Å². The van der Waals surface area contributed by atoms with E-state index in [9.17, 15) is 4.79 Å². The summed E-state index contributed by atoms with van der Waals surface area (Å²) in [5, 5.41) is 0. The molecule has 23 heavy (non-hydrogen) atoms. The topological polar surface area (TPSA) is 52.3 Å². The molecule has 0 fully saturated rings. The predicted octanol–water partition coefficient (Wildman–Crippen LogP) is 5.53. The lowest BCUT2D eigenvalue weighted by molar-refractivity contribution is 0.0778. The van der Waals surface area contributed by atoms with Crippen molar-refractivity contribution in [1.82, 2.24) is 0 Å². The summed E-state index contributed by atoms with van der Waals surface area (Å²) >= 11 is 6.84. The van der Waals surface area contributed by atoms with E-state index in [0.29, 0.717) is 23.4 Å². The number of carbonyl (C=O) groups excluding carboxylic acids is 1. The smallest absolute Gasteiger partial charge is 0.204 e. The first-order chi connectivity index (χ1) is 10.9. The number of anilines is 1. The summed E-state index contributed by atoms with van der Waals surface area (Å²) in [5.74, 6) is 0.502. The number of nitrogens with two attached hydrogens (primary N) is 1. The molecule has 1 atom stereocenters. The molecule has 0 bridgehead atoms. The maximum absolute atomic E-state index is 12.8. The van der Waals surface area contributed by atoms with Crippen LogP contribution in [-0.4, -0.2) is 11.9 Å². The Morgan fingerprint density at radius 1 is 1.22 bits per heavy atom. The van der Waals surface area contributed by atoms with Crippen molar-refractivity contribution < 1.29 is 9.53 Å². The summed E-state index contributed by atoms with van der Waals surface area (Å²) in [6.07, 6.45) is 0.924. The van der Waals surface area contributed by atoms with Crippen LogP contribution < -0.4 is 10.5 Å². The summed E-state index contributed by atoms with van der Waals surface area (Å²) in [7, 11) is 0. The van der Waals surface area contributed by atoms with Crippen molar-refractivity contribution in [2.45, 2.75) is 32.8 Å². The number of rotatable bonds is 6. The van der Waals surface area contributed by atoms with Crippen LogP contribution in [0.3, 0.4) is 0 Å². The van der Waals surface area contributed by atoms with Gasteiger partial charge in [0.25, 0.3) is 0 Å². The molecule has 2 aromatic carbocycles. The number of hydrogen-bond acceptors (Lipinski definition) is 3. The molecular formula is C18H19Br2NO2. The van der Waals surface area contributed by atoms with Crippen LogP contribution in [0.5, 0.6) is 5.75 Å². The maximum Gasteiger partial charge on any atom is 0.204 e. The Morgan fingerprint density at radius 2 is 1.96 bits per heavy atom. The summed E-state index contributed by atoms with van der Waals surface area (Å²) in [4.78, 5) is 12.8. The van der Waals surface area contributed by atoms with Crippen LogP contribution in [0.2, 0.25) is 0 Å². The Labute approximate surface area is 153 Å². The lowest BCUT2D eigenvalue weighted by Gasteiger charge is -2.19. The molecule has 2 aromatic rings. The standard InChI is InChI=1S/C18H19Br2NO2/c1-3-4-17(23-16-8-5-11(2)9-15(16)21)18(22)13-7-6-12(19)10-14(13)20/h5-10,17H,3-4,21H2,1-2H3. The number of carbonyl (C=O) groups is 1. The largest absolute Gasteiger partial charge is 0.480 e. The average Bonchev–Trinajstić information content (AvgIpc) is 2.48. The van der Waals surface area contributed by atoms with Crippen LogP contribution in [-0.2, 0) is 0 Å². The van der Waals surface area contributed by atoms with Gasteiger partial charge in [-0.2, -0.15) is 0 Å². The zero-order valence-corrected chi connectivity index (χ0v) is 16.3. The van der Waals surface area contributed by atoms with E-state index in [0.717, 1.165) is 20.9 Å². The molecule has 0 saturated carbocycles. The first-order valence-corrected chi connectivity index (χ1v) is 9.03. The van der Waals surface area contributed by atoms with Gasteiger partial charge in [0, 0.05) is 14.5 Å². The molecule has 0 aliphatic rings. The Morgan fingerprint density at radius 3 is 2.57 bits per heavy atom. The Bertz CT molecular complexity index is 716. The number of ketones is 1. The quantitative estimate of drug-likeness (QED) is 0.474. The van der Waals surface area contributed by atoms with Crippen molar-refractivity contribution in [3.8, 4) is 5.75 Å². The van der Waals surface area contributed by atoms with Crippen LogP contribution >= 0.6 is 31.9 Å². The van der Waals surface area contributed by atoms with Gasteiger partial charge in [0.1, 0.15) is 5.75 Å². The number of aryl methyl sites for hydroxylation is 1. The number of benzene rings is 2. The van der Waals surface area contributed by atoms with Gasteiger partial charge in [-0.15, -0.1) is 0 Å². The maximum atomic E-state index is 12.8. The molecular weight excluding hydrogens is 422 g/mol. The van der Waals surface area contributed by atoms with Gasteiger partial charge >= 0.3 is 0 Å². The van der Waals surface area contributed by atoms with Crippen molar-refractivity contribution >= 4 is 43.3 Å². The molecule has 3 nitrogen and oxygen atoms in total. The average molecular weight is 441 g/mol. The summed E-state index contributed by atoms with van der Waals surface area (Å²) in [5.41, 5.74) is 8.22. The number of Topliss-reactive ketones (excluding diaryl/α,β-unsaturated/α-hetero) is 1. The minimum atomic E-state index is -0.553. The summed E-state index contributed by atoms with van der Waals surface area (Å²) < 4.78 is 7.60. The van der Waals surface area contributed by atoms with Gasteiger partial charge in [0.05, 0.1) is 5.69 Å². The molecule has 2 N–H and O–H groups in total. The van der Waals surface area contributed by atoms with Crippen molar-refractivity contribution in [2.24, 2.45) is 0 Å². The number of ether oxygens (including phenoxy) is 1. The van der Waals surface area contributed by atoms with E-state index in [1.165, 1.54) is 0 Å².